The van der Waals surface area contributed by atoms with Gasteiger partial charge in [-0.1, -0.05) is 69.5 Å². The van der Waals surface area contributed by atoms with Crippen LogP contribution in [0.25, 0.3) is 11.1 Å². The molecule has 0 bridgehead atoms. The molecule has 6 heteroatoms. The normalized spacial score (nSPS) is 19.2. The maximum atomic E-state index is 11.8. The molecule has 4 rings (SSSR count). The van der Waals surface area contributed by atoms with Crippen molar-refractivity contribution < 1.29 is 28.5 Å². The predicted octanol–water partition coefficient (Wildman–Crippen LogP) is 8.42. The van der Waals surface area contributed by atoms with E-state index in [2.05, 4.69) is 49.9 Å². The van der Waals surface area contributed by atoms with E-state index in [4.69, 9.17) is 18.9 Å². The number of ether oxygens (including phenoxy) is 4. The summed E-state index contributed by atoms with van der Waals surface area (Å²) in [6, 6.07) is 15.4. The summed E-state index contributed by atoms with van der Waals surface area (Å²) in [4.78, 5) is 23.0. The van der Waals surface area contributed by atoms with Crippen LogP contribution in [0.1, 0.15) is 88.7 Å². The summed E-state index contributed by atoms with van der Waals surface area (Å²) >= 11 is 0. The van der Waals surface area contributed by atoms with Gasteiger partial charge in [0.15, 0.2) is 0 Å². The van der Waals surface area contributed by atoms with Crippen molar-refractivity contribution in [2.45, 2.75) is 84.0 Å². The Morgan fingerprint density at radius 2 is 1.63 bits per heavy atom. The van der Waals surface area contributed by atoms with E-state index < -0.39 is 6.16 Å². The molecule has 0 radical (unpaired) electrons. The minimum absolute atomic E-state index is 0.0179. The molecular weight excluding hydrogens is 516 g/mol. The Bertz CT molecular complexity index is 1140. The first kappa shape index (κ1) is 30.7. The van der Waals surface area contributed by atoms with Gasteiger partial charge in [-0.2, -0.15) is 0 Å². The van der Waals surface area contributed by atoms with Crippen molar-refractivity contribution in [1.29, 1.82) is 0 Å². The van der Waals surface area contributed by atoms with Crippen LogP contribution in [0.3, 0.4) is 0 Å². The van der Waals surface area contributed by atoms with Gasteiger partial charge in [0.05, 0.1) is 19.1 Å². The number of hydrogen-bond donors (Lipinski definition) is 0. The van der Waals surface area contributed by atoms with E-state index >= 15 is 0 Å². The van der Waals surface area contributed by atoms with Crippen molar-refractivity contribution in [2.75, 3.05) is 26.4 Å². The van der Waals surface area contributed by atoms with Crippen molar-refractivity contribution >= 4 is 12.1 Å². The summed E-state index contributed by atoms with van der Waals surface area (Å²) < 4.78 is 21.4. The van der Waals surface area contributed by atoms with E-state index in [0.29, 0.717) is 37.5 Å². The molecule has 1 saturated heterocycles. The molecular formula is C35H46O6. The van der Waals surface area contributed by atoms with Crippen molar-refractivity contribution in [2.24, 2.45) is 11.8 Å². The third kappa shape index (κ3) is 9.37. The fourth-order valence-electron chi connectivity index (χ4n) is 5.83. The maximum Gasteiger partial charge on any atom is 0.508 e. The Kier molecular flexibility index (Phi) is 11.7. The van der Waals surface area contributed by atoms with Crippen LogP contribution < -0.4 is 4.74 Å². The lowest BCUT2D eigenvalue weighted by Gasteiger charge is -2.29. The molecule has 1 saturated carbocycles. The first-order valence-electron chi connectivity index (χ1n) is 15.4. The van der Waals surface area contributed by atoms with Crippen LogP contribution in [0.5, 0.6) is 5.75 Å². The lowest BCUT2D eigenvalue weighted by Crippen LogP contribution is -2.31. The summed E-state index contributed by atoms with van der Waals surface area (Å²) in [6.07, 6.45) is 11.5. The molecule has 2 aliphatic rings. The average Bonchev–Trinajstić information content (AvgIpc) is 3.00. The monoisotopic (exact) mass is 562 g/mol. The molecule has 0 unspecified atom stereocenters. The van der Waals surface area contributed by atoms with E-state index in [1.807, 2.05) is 6.07 Å². The quantitative estimate of drug-likeness (QED) is 0.131. The number of esters is 1. The number of aryl methyl sites for hydroxylation is 1. The number of rotatable bonds is 14. The summed E-state index contributed by atoms with van der Waals surface area (Å²) in [5.74, 6) is 1.98. The Labute approximate surface area is 245 Å². The van der Waals surface area contributed by atoms with Gasteiger partial charge in [0, 0.05) is 5.57 Å². The van der Waals surface area contributed by atoms with Crippen molar-refractivity contribution in [1.82, 2.24) is 0 Å². The molecule has 0 N–H and O–H groups in total. The number of carbonyl (C=O) groups is 2. The van der Waals surface area contributed by atoms with Gasteiger partial charge in [-0.05, 0) is 91.7 Å². The first-order valence-corrected chi connectivity index (χ1v) is 15.4. The second-order valence-corrected chi connectivity index (χ2v) is 11.7. The Hall–Kier alpha value is -3.28. The molecule has 0 spiro atoms. The van der Waals surface area contributed by atoms with Crippen LogP contribution >= 0.6 is 0 Å². The van der Waals surface area contributed by atoms with Gasteiger partial charge >= 0.3 is 12.1 Å². The molecule has 0 aromatic heterocycles. The minimum atomic E-state index is -0.628. The second kappa shape index (κ2) is 15.6. The van der Waals surface area contributed by atoms with Gasteiger partial charge in [0.2, 0.25) is 0 Å². The van der Waals surface area contributed by atoms with E-state index in [9.17, 15) is 9.59 Å². The molecule has 1 aliphatic carbocycles. The van der Waals surface area contributed by atoms with E-state index in [-0.39, 0.29) is 25.1 Å². The largest absolute Gasteiger partial charge is 0.508 e. The van der Waals surface area contributed by atoms with Crippen LogP contribution in [0.2, 0.25) is 0 Å². The Morgan fingerprint density at radius 1 is 0.927 bits per heavy atom. The maximum absolute atomic E-state index is 11.8. The summed E-state index contributed by atoms with van der Waals surface area (Å²) in [7, 11) is 0. The molecule has 1 aliphatic heterocycles. The molecule has 1 heterocycles. The van der Waals surface area contributed by atoms with Crippen molar-refractivity contribution in [3.05, 3.63) is 65.7 Å². The fraction of sp³-hybridized carbons (Fsp3) is 0.543. The highest BCUT2D eigenvalue weighted by atomic mass is 16.7. The molecule has 222 valence electrons. The standard InChI is InChI=1S/C35H46O6/c1-4-5-6-8-26-10-12-28(13-11-26)29-14-16-30(17-15-29)31-18-19-33(39-22-27-23-40-35(37)41-24-27)32(21-31)9-7-20-38-34(36)25(2)3/h14-19,21,26-28H,2,4-13,20,22-24H2,1,3H3. The van der Waals surface area contributed by atoms with E-state index in [0.717, 1.165) is 22.8 Å². The molecule has 0 amide bonds. The first-order chi connectivity index (χ1) is 19.9. The highest BCUT2D eigenvalue weighted by Gasteiger charge is 2.23. The zero-order chi connectivity index (χ0) is 29.0. The van der Waals surface area contributed by atoms with Crippen LogP contribution in [0, 0.1) is 11.8 Å². The zero-order valence-electron chi connectivity index (χ0n) is 24.8. The van der Waals surface area contributed by atoms with Gasteiger partial charge < -0.3 is 18.9 Å². The highest BCUT2D eigenvalue weighted by Crippen LogP contribution is 2.38. The molecule has 6 nitrogen and oxygen atoms in total. The topological polar surface area (TPSA) is 71.1 Å². The van der Waals surface area contributed by atoms with Gasteiger partial charge in [-0.3, -0.25) is 0 Å². The number of hydrogen-bond acceptors (Lipinski definition) is 6. The van der Waals surface area contributed by atoms with E-state index in [1.54, 1.807) is 6.92 Å². The van der Waals surface area contributed by atoms with Crippen molar-refractivity contribution in [3.63, 3.8) is 0 Å². The van der Waals surface area contributed by atoms with Gasteiger partial charge in [-0.15, -0.1) is 0 Å². The SMILES string of the molecule is C=C(C)C(=O)OCCCc1cc(-c2ccc(C3CCC(CCCCC)CC3)cc2)ccc1OCC1COC(=O)OC1. The number of benzene rings is 2. The lowest BCUT2D eigenvalue weighted by molar-refractivity contribution is -0.139. The molecule has 41 heavy (non-hydrogen) atoms. The Balaban J connectivity index is 1.39. The molecule has 2 aromatic carbocycles. The van der Waals surface area contributed by atoms with Crippen LogP contribution in [-0.2, 0) is 25.4 Å². The van der Waals surface area contributed by atoms with E-state index in [1.165, 1.54) is 62.5 Å². The molecule has 2 fully saturated rings. The number of unbranched alkanes of at least 4 members (excludes halogenated alkanes) is 2. The molecule has 2 aromatic rings. The van der Waals surface area contributed by atoms with Gasteiger partial charge in [0.25, 0.3) is 0 Å². The zero-order valence-corrected chi connectivity index (χ0v) is 24.8. The van der Waals surface area contributed by atoms with Crippen LogP contribution in [0.4, 0.5) is 4.79 Å². The second-order valence-electron chi connectivity index (χ2n) is 11.7. The predicted molar refractivity (Wildman–Crippen MR) is 161 cm³/mol. The third-order valence-electron chi connectivity index (χ3n) is 8.36. The minimum Gasteiger partial charge on any atom is -0.493 e. The lowest BCUT2D eigenvalue weighted by atomic mass is 9.77. The third-order valence-corrected chi connectivity index (χ3v) is 8.36. The smallest absolute Gasteiger partial charge is 0.493 e. The van der Waals surface area contributed by atoms with Crippen LogP contribution in [0.15, 0.2) is 54.6 Å². The van der Waals surface area contributed by atoms with Gasteiger partial charge in [-0.25, -0.2) is 9.59 Å². The molecule has 0 atom stereocenters. The van der Waals surface area contributed by atoms with Gasteiger partial charge in [0.1, 0.15) is 19.0 Å². The van der Waals surface area contributed by atoms with Crippen LogP contribution in [-0.4, -0.2) is 38.6 Å². The van der Waals surface area contributed by atoms with Crippen molar-refractivity contribution in [3.8, 4) is 16.9 Å². The summed E-state index contributed by atoms with van der Waals surface area (Å²) in [5, 5.41) is 0. The highest BCUT2D eigenvalue weighted by molar-refractivity contribution is 5.86. The number of carbonyl (C=O) groups excluding carboxylic acids is 2. The Morgan fingerprint density at radius 3 is 2.32 bits per heavy atom. The summed E-state index contributed by atoms with van der Waals surface area (Å²) in [6.45, 7) is 8.85. The fourth-order valence-corrected chi connectivity index (χ4v) is 5.83. The number of cyclic esters (lactones) is 2. The summed E-state index contributed by atoms with van der Waals surface area (Å²) in [5.41, 5.74) is 5.21. The average molecular weight is 563 g/mol.